The molecule has 0 spiro atoms. The third-order valence-electron chi connectivity index (χ3n) is 4.12. The number of halogens is 3. The fraction of sp³-hybridized carbons (Fsp3) is 0.467. The molecule has 9 heteroatoms. The number of carbonyl (C=O) groups is 1. The largest absolute Gasteiger partial charge is 0.433 e. The van der Waals surface area contributed by atoms with Gasteiger partial charge in [0.05, 0.1) is 0 Å². The molecule has 6 nitrogen and oxygen atoms in total. The van der Waals surface area contributed by atoms with Gasteiger partial charge in [-0.05, 0) is 18.9 Å². The Kier molecular flexibility index (Phi) is 4.25. The summed E-state index contributed by atoms with van der Waals surface area (Å²) in [6, 6.07) is 2.60. The molecule has 0 saturated carbocycles. The zero-order chi connectivity index (χ0) is 17.3. The van der Waals surface area contributed by atoms with Crippen LogP contribution >= 0.6 is 0 Å². The number of hydrogen-bond donors (Lipinski definition) is 0. The van der Waals surface area contributed by atoms with Crippen LogP contribution in [0.15, 0.2) is 24.7 Å². The molecule has 2 aromatic heterocycles. The van der Waals surface area contributed by atoms with Crippen molar-refractivity contribution < 1.29 is 18.0 Å². The Balaban J connectivity index is 1.78. The number of amides is 1. The number of aromatic nitrogens is 4. The third kappa shape index (κ3) is 3.24. The predicted octanol–water partition coefficient (Wildman–Crippen LogP) is 2.25. The molecule has 1 aliphatic heterocycles. The molecular weight excluding hydrogens is 323 g/mol. The van der Waals surface area contributed by atoms with Gasteiger partial charge in [0.15, 0.2) is 5.69 Å². The molecule has 3 heterocycles. The van der Waals surface area contributed by atoms with Crippen LogP contribution in [0, 0.1) is 0 Å². The number of carbonyl (C=O) groups excluding carboxylic acids is 1. The zero-order valence-electron chi connectivity index (χ0n) is 13.0. The highest BCUT2D eigenvalue weighted by molar-refractivity contribution is 5.92. The molecule has 0 N–H and O–H groups in total. The summed E-state index contributed by atoms with van der Waals surface area (Å²) in [5.74, 6) is -0.434. The van der Waals surface area contributed by atoms with E-state index >= 15 is 0 Å². The van der Waals surface area contributed by atoms with Gasteiger partial charge in [0.2, 0.25) is 0 Å². The average Bonchev–Trinajstić information content (AvgIpc) is 2.97. The van der Waals surface area contributed by atoms with Crippen LogP contribution in [0.25, 0.3) is 0 Å². The third-order valence-corrected chi connectivity index (χ3v) is 4.12. The summed E-state index contributed by atoms with van der Waals surface area (Å²) < 4.78 is 39.2. The van der Waals surface area contributed by atoms with E-state index in [0.29, 0.717) is 17.8 Å². The van der Waals surface area contributed by atoms with Crippen molar-refractivity contribution in [3.63, 3.8) is 0 Å². The van der Waals surface area contributed by atoms with E-state index < -0.39 is 17.8 Å². The molecule has 0 unspecified atom stereocenters. The fourth-order valence-electron chi connectivity index (χ4n) is 2.94. The maximum Gasteiger partial charge on any atom is 0.433 e. The molecule has 24 heavy (non-hydrogen) atoms. The Morgan fingerprint density at radius 1 is 1.38 bits per heavy atom. The molecule has 128 valence electrons. The monoisotopic (exact) mass is 339 g/mol. The highest BCUT2D eigenvalue weighted by Gasteiger charge is 2.36. The molecular formula is C15H16F3N5O. The number of piperidine rings is 1. The van der Waals surface area contributed by atoms with E-state index in [1.807, 2.05) is 0 Å². The first-order valence-corrected chi connectivity index (χ1v) is 7.52. The van der Waals surface area contributed by atoms with Crippen LogP contribution in [-0.2, 0) is 13.2 Å². The topological polar surface area (TPSA) is 63.9 Å². The number of hydrogen-bond acceptors (Lipinski definition) is 4. The van der Waals surface area contributed by atoms with Gasteiger partial charge in [-0.25, -0.2) is 9.97 Å². The van der Waals surface area contributed by atoms with Crippen LogP contribution in [-0.4, -0.2) is 43.6 Å². The van der Waals surface area contributed by atoms with Crippen LogP contribution < -0.4 is 0 Å². The second-order valence-corrected chi connectivity index (χ2v) is 5.76. The van der Waals surface area contributed by atoms with Crippen molar-refractivity contribution in [2.24, 2.45) is 7.05 Å². The minimum absolute atomic E-state index is 0.0523. The molecule has 1 saturated heterocycles. The van der Waals surface area contributed by atoms with Gasteiger partial charge >= 0.3 is 6.18 Å². The lowest BCUT2D eigenvalue weighted by atomic mass is 9.94. The van der Waals surface area contributed by atoms with Crippen molar-refractivity contribution in [1.82, 2.24) is 24.6 Å². The highest BCUT2D eigenvalue weighted by Crippen LogP contribution is 2.30. The van der Waals surface area contributed by atoms with Crippen molar-refractivity contribution >= 4 is 5.91 Å². The standard InChI is InChI=1S/C15H16F3N5O/c1-22-13(15(16,17)18)7-12(21-22)14(24)23-6-2-3-10(8-23)11-4-5-19-9-20-11/h4-5,7,9-10H,2-3,6,8H2,1H3/t10-/m0/s1. The Bertz CT molecular complexity index is 728. The Labute approximate surface area is 136 Å². The maximum atomic E-state index is 12.9. The molecule has 1 atom stereocenters. The van der Waals surface area contributed by atoms with Crippen LogP contribution in [0.5, 0.6) is 0 Å². The van der Waals surface area contributed by atoms with Gasteiger partial charge in [0, 0.05) is 44.0 Å². The lowest BCUT2D eigenvalue weighted by molar-refractivity contribution is -0.143. The molecule has 0 aromatic carbocycles. The van der Waals surface area contributed by atoms with E-state index in [1.54, 1.807) is 17.2 Å². The SMILES string of the molecule is Cn1nc(C(=O)N2CCC[C@H](c3ccncn3)C2)cc1C(F)(F)F. The summed E-state index contributed by atoms with van der Waals surface area (Å²) in [7, 11) is 1.18. The van der Waals surface area contributed by atoms with E-state index in [-0.39, 0.29) is 11.6 Å². The Hall–Kier alpha value is -2.45. The van der Waals surface area contributed by atoms with E-state index in [0.717, 1.165) is 24.6 Å². The minimum atomic E-state index is -4.54. The van der Waals surface area contributed by atoms with Crippen molar-refractivity contribution in [2.45, 2.75) is 24.9 Å². The van der Waals surface area contributed by atoms with Gasteiger partial charge in [0.25, 0.3) is 5.91 Å². The Morgan fingerprint density at radius 2 is 2.17 bits per heavy atom. The average molecular weight is 339 g/mol. The smallest absolute Gasteiger partial charge is 0.337 e. The normalized spacial score (nSPS) is 18.7. The maximum absolute atomic E-state index is 12.9. The van der Waals surface area contributed by atoms with Gasteiger partial charge in [-0.15, -0.1) is 0 Å². The van der Waals surface area contributed by atoms with Crippen molar-refractivity contribution in [2.75, 3.05) is 13.1 Å². The number of rotatable bonds is 2. The second kappa shape index (κ2) is 6.21. The zero-order valence-corrected chi connectivity index (χ0v) is 13.0. The second-order valence-electron chi connectivity index (χ2n) is 5.76. The highest BCUT2D eigenvalue weighted by atomic mass is 19.4. The molecule has 1 fully saturated rings. The lowest BCUT2D eigenvalue weighted by Gasteiger charge is -2.32. The van der Waals surface area contributed by atoms with Gasteiger partial charge in [-0.3, -0.25) is 9.48 Å². The summed E-state index contributed by atoms with van der Waals surface area (Å²) in [6.45, 7) is 0.909. The van der Waals surface area contributed by atoms with Gasteiger partial charge in [0.1, 0.15) is 12.0 Å². The van der Waals surface area contributed by atoms with Gasteiger partial charge in [-0.2, -0.15) is 18.3 Å². The van der Waals surface area contributed by atoms with E-state index in [2.05, 4.69) is 15.1 Å². The Morgan fingerprint density at radius 3 is 2.79 bits per heavy atom. The number of likely N-dealkylation sites (tertiary alicyclic amines) is 1. The summed E-state index contributed by atoms with van der Waals surface area (Å²) in [6.07, 6.45) is 0.184. The lowest BCUT2D eigenvalue weighted by Crippen LogP contribution is -2.39. The van der Waals surface area contributed by atoms with Gasteiger partial charge in [-0.1, -0.05) is 0 Å². The van der Waals surface area contributed by atoms with E-state index in [1.165, 1.54) is 13.4 Å². The van der Waals surface area contributed by atoms with Crippen LogP contribution in [0.4, 0.5) is 13.2 Å². The first kappa shape index (κ1) is 16.4. The van der Waals surface area contributed by atoms with Gasteiger partial charge < -0.3 is 4.90 Å². The molecule has 1 amide bonds. The number of aryl methyl sites for hydroxylation is 1. The van der Waals surface area contributed by atoms with Crippen molar-refractivity contribution in [3.05, 3.63) is 41.7 Å². The first-order valence-electron chi connectivity index (χ1n) is 7.52. The summed E-state index contributed by atoms with van der Waals surface area (Å²) in [4.78, 5) is 22.1. The molecule has 3 rings (SSSR count). The first-order chi connectivity index (χ1) is 11.4. The predicted molar refractivity (Wildman–Crippen MR) is 78.1 cm³/mol. The quantitative estimate of drug-likeness (QED) is 0.842. The minimum Gasteiger partial charge on any atom is -0.337 e. The number of nitrogens with zero attached hydrogens (tertiary/aromatic N) is 5. The van der Waals surface area contributed by atoms with Crippen molar-refractivity contribution in [1.29, 1.82) is 0 Å². The molecule has 0 aliphatic carbocycles. The molecule has 0 bridgehead atoms. The molecule has 2 aromatic rings. The van der Waals surface area contributed by atoms with Crippen LogP contribution in [0.3, 0.4) is 0 Å². The molecule has 1 aliphatic rings. The van der Waals surface area contributed by atoms with Crippen molar-refractivity contribution in [3.8, 4) is 0 Å². The van der Waals surface area contributed by atoms with E-state index in [4.69, 9.17) is 0 Å². The van der Waals surface area contributed by atoms with Crippen LogP contribution in [0.1, 0.15) is 40.6 Å². The fourth-order valence-corrected chi connectivity index (χ4v) is 2.94. The summed E-state index contributed by atoms with van der Waals surface area (Å²) in [5, 5.41) is 3.73. The summed E-state index contributed by atoms with van der Waals surface area (Å²) >= 11 is 0. The molecule has 0 radical (unpaired) electrons. The summed E-state index contributed by atoms with van der Waals surface area (Å²) in [5.41, 5.74) is -0.289. The number of alkyl halides is 3. The van der Waals surface area contributed by atoms with Crippen LogP contribution in [0.2, 0.25) is 0 Å². The van der Waals surface area contributed by atoms with E-state index in [9.17, 15) is 18.0 Å².